The van der Waals surface area contributed by atoms with Crippen LogP contribution in [0.4, 0.5) is 18.9 Å². The van der Waals surface area contributed by atoms with Gasteiger partial charge in [-0.25, -0.2) is 0 Å². The van der Waals surface area contributed by atoms with E-state index in [9.17, 15) is 28.1 Å². The van der Waals surface area contributed by atoms with Crippen LogP contribution in [0.3, 0.4) is 0 Å². The summed E-state index contributed by atoms with van der Waals surface area (Å²) in [5.74, 6) is -0.298. The zero-order valence-electron chi connectivity index (χ0n) is 13.9. The predicted molar refractivity (Wildman–Crippen MR) is 92.0 cm³/mol. The van der Waals surface area contributed by atoms with Gasteiger partial charge in [0.2, 0.25) is 5.91 Å². The van der Waals surface area contributed by atoms with Gasteiger partial charge in [0, 0.05) is 17.7 Å². The van der Waals surface area contributed by atoms with E-state index in [0.29, 0.717) is 12.6 Å². The molecule has 0 radical (unpaired) electrons. The minimum Gasteiger partial charge on any atom is -0.353 e. The van der Waals surface area contributed by atoms with E-state index in [0.717, 1.165) is 37.8 Å². The van der Waals surface area contributed by atoms with E-state index >= 15 is 0 Å². The van der Waals surface area contributed by atoms with E-state index in [1.165, 1.54) is 0 Å². The molecule has 1 amide bonds. The van der Waals surface area contributed by atoms with Gasteiger partial charge < -0.3 is 11.1 Å². The van der Waals surface area contributed by atoms with Crippen LogP contribution in [-0.4, -0.2) is 23.4 Å². The van der Waals surface area contributed by atoms with E-state index < -0.39 is 28.3 Å². The zero-order valence-corrected chi connectivity index (χ0v) is 14.7. The Morgan fingerprint density at radius 3 is 2.54 bits per heavy atom. The number of rotatable bonds is 5. The first-order valence-electron chi connectivity index (χ1n) is 8.06. The minimum absolute atomic E-state index is 0. The fraction of sp³-hybridized carbons (Fsp3) is 0.562. The minimum atomic E-state index is -4.68. The molecule has 0 heterocycles. The molecule has 1 aliphatic carbocycles. The monoisotopic (exact) mass is 395 g/mol. The van der Waals surface area contributed by atoms with Crippen molar-refractivity contribution in [1.29, 1.82) is 0 Å². The van der Waals surface area contributed by atoms with Crippen LogP contribution in [0, 0.1) is 16.0 Å². The van der Waals surface area contributed by atoms with Crippen LogP contribution in [0.25, 0.3) is 0 Å². The van der Waals surface area contributed by atoms with Gasteiger partial charge in [-0.2, -0.15) is 13.2 Å². The van der Waals surface area contributed by atoms with Gasteiger partial charge in [-0.3, -0.25) is 14.9 Å². The maximum Gasteiger partial charge on any atom is 0.416 e. The Morgan fingerprint density at radius 1 is 1.31 bits per heavy atom. The predicted octanol–water partition coefficient (Wildman–Crippen LogP) is 3.21. The standard InChI is InChI=1S/C16H20F3N3O3.ClH/c17-16(18,19)12-6-5-10(14(8-12)22(24)25)7-15(23)21-13-4-2-1-3-11(13)9-20;/h5-6,8,11,13H,1-4,7,9,20H2,(H,21,23);1H. The molecule has 3 N–H and O–H groups in total. The summed E-state index contributed by atoms with van der Waals surface area (Å²) >= 11 is 0. The lowest BCUT2D eigenvalue weighted by atomic mass is 9.84. The molecule has 1 aromatic carbocycles. The molecule has 2 rings (SSSR count). The number of nitro benzene ring substituents is 1. The number of nitrogens with one attached hydrogen (secondary N) is 1. The van der Waals surface area contributed by atoms with Crippen LogP contribution in [-0.2, 0) is 17.4 Å². The highest BCUT2D eigenvalue weighted by Crippen LogP contribution is 2.33. The topological polar surface area (TPSA) is 98.3 Å². The molecular weight excluding hydrogens is 375 g/mol. The van der Waals surface area contributed by atoms with Crippen LogP contribution >= 0.6 is 12.4 Å². The Balaban J connectivity index is 0.00000338. The van der Waals surface area contributed by atoms with Crippen molar-refractivity contribution in [2.24, 2.45) is 11.7 Å². The number of halogens is 4. The van der Waals surface area contributed by atoms with E-state index in [1.54, 1.807) is 0 Å². The Labute approximate surface area is 154 Å². The summed E-state index contributed by atoms with van der Waals surface area (Å²) in [5.41, 5.74) is 3.83. The molecule has 1 aliphatic rings. The molecule has 0 aliphatic heterocycles. The van der Waals surface area contributed by atoms with Gasteiger partial charge in [0.15, 0.2) is 0 Å². The lowest BCUT2D eigenvalue weighted by Crippen LogP contribution is -2.45. The number of alkyl halides is 3. The van der Waals surface area contributed by atoms with Crippen LogP contribution < -0.4 is 11.1 Å². The molecule has 0 aromatic heterocycles. The second kappa shape index (κ2) is 9.18. The summed E-state index contributed by atoms with van der Waals surface area (Å²) < 4.78 is 38.1. The third kappa shape index (κ3) is 5.57. The van der Waals surface area contributed by atoms with E-state index in [2.05, 4.69) is 5.32 Å². The molecule has 26 heavy (non-hydrogen) atoms. The lowest BCUT2D eigenvalue weighted by molar-refractivity contribution is -0.385. The van der Waals surface area contributed by atoms with Crippen molar-refractivity contribution in [1.82, 2.24) is 5.32 Å². The van der Waals surface area contributed by atoms with Crippen LogP contribution in [0.1, 0.15) is 36.8 Å². The van der Waals surface area contributed by atoms with Gasteiger partial charge in [-0.05, 0) is 31.4 Å². The number of nitrogens with zero attached hydrogens (tertiary/aromatic N) is 1. The first-order chi connectivity index (χ1) is 11.7. The molecule has 1 saturated carbocycles. The van der Waals surface area contributed by atoms with E-state index in [1.807, 2.05) is 0 Å². The molecule has 2 unspecified atom stereocenters. The van der Waals surface area contributed by atoms with Crippen molar-refractivity contribution in [3.8, 4) is 0 Å². The van der Waals surface area contributed by atoms with E-state index in [4.69, 9.17) is 5.73 Å². The zero-order chi connectivity index (χ0) is 18.6. The fourth-order valence-electron chi connectivity index (χ4n) is 3.17. The van der Waals surface area contributed by atoms with Gasteiger partial charge in [0.25, 0.3) is 5.69 Å². The van der Waals surface area contributed by atoms with Crippen molar-refractivity contribution in [3.05, 3.63) is 39.4 Å². The number of hydrogen-bond donors (Lipinski definition) is 2. The number of amides is 1. The van der Waals surface area contributed by atoms with Crippen LogP contribution in [0.5, 0.6) is 0 Å². The molecule has 1 aromatic rings. The van der Waals surface area contributed by atoms with Crippen molar-refractivity contribution in [2.75, 3.05) is 6.54 Å². The average molecular weight is 396 g/mol. The number of carbonyl (C=O) groups excluding carboxylic acids is 1. The second-order valence-electron chi connectivity index (χ2n) is 6.23. The summed E-state index contributed by atoms with van der Waals surface area (Å²) in [6.45, 7) is 0.436. The lowest BCUT2D eigenvalue weighted by Gasteiger charge is -2.31. The highest BCUT2D eigenvalue weighted by Gasteiger charge is 2.33. The second-order valence-corrected chi connectivity index (χ2v) is 6.23. The summed E-state index contributed by atoms with van der Waals surface area (Å²) in [5, 5.41) is 13.9. The third-order valence-corrected chi connectivity index (χ3v) is 4.52. The van der Waals surface area contributed by atoms with Gasteiger partial charge >= 0.3 is 6.18 Å². The first kappa shape index (κ1) is 22.2. The molecule has 1 fully saturated rings. The normalized spacial score (nSPS) is 20.2. The number of carbonyl (C=O) groups is 1. The summed E-state index contributed by atoms with van der Waals surface area (Å²) in [6.07, 6.45) is -1.34. The molecule has 0 bridgehead atoms. The summed E-state index contributed by atoms with van der Waals surface area (Å²) in [4.78, 5) is 22.4. The van der Waals surface area contributed by atoms with E-state index in [-0.39, 0.29) is 36.4 Å². The molecule has 2 atom stereocenters. The number of nitro groups is 1. The molecule has 0 saturated heterocycles. The molecule has 10 heteroatoms. The Bertz CT molecular complexity index is 655. The number of nitrogens with two attached hydrogens (primary N) is 1. The average Bonchev–Trinajstić information content (AvgIpc) is 2.54. The largest absolute Gasteiger partial charge is 0.416 e. The fourth-order valence-corrected chi connectivity index (χ4v) is 3.17. The van der Waals surface area contributed by atoms with Crippen molar-refractivity contribution < 1.29 is 22.9 Å². The summed E-state index contributed by atoms with van der Waals surface area (Å²) in [6, 6.07) is 2.10. The summed E-state index contributed by atoms with van der Waals surface area (Å²) in [7, 11) is 0. The molecule has 146 valence electrons. The number of benzene rings is 1. The highest BCUT2D eigenvalue weighted by atomic mass is 35.5. The van der Waals surface area contributed by atoms with Crippen molar-refractivity contribution in [2.45, 2.75) is 44.3 Å². The van der Waals surface area contributed by atoms with Crippen molar-refractivity contribution >= 4 is 24.0 Å². The van der Waals surface area contributed by atoms with Gasteiger partial charge in [0.05, 0.1) is 16.9 Å². The first-order valence-corrected chi connectivity index (χ1v) is 8.06. The maximum atomic E-state index is 12.7. The van der Waals surface area contributed by atoms with Gasteiger partial charge in [-0.1, -0.05) is 18.9 Å². The van der Waals surface area contributed by atoms with Gasteiger partial charge in [-0.15, -0.1) is 12.4 Å². The maximum absolute atomic E-state index is 12.7. The highest BCUT2D eigenvalue weighted by molar-refractivity contribution is 5.85. The Morgan fingerprint density at radius 2 is 1.96 bits per heavy atom. The smallest absolute Gasteiger partial charge is 0.353 e. The molecular formula is C16H21ClF3N3O3. The van der Waals surface area contributed by atoms with Crippen LogP contribution in [0.2, 0.25) is 0 Å². The Kier molecular flexibility index (Phi) is 7.83. The van der Waals surface area contributed by atoms with Crippen molar-refractivity contribution in [3.63, 3.8) is 0 Å². The number of hydrogen-bond acceptors (Lipinski definition) is 4. The Hall–Kier alpha value is -1.87. The third-order valence-electron chi connectivity index (χ3n) is 4.52. The molecule has 0 spiro atoms. The molecule has 6 nitrogen and oxygen atoms in total. The van der Waals surface area contributed by atoms with Crippen LogP contribution in [0.15, 0.2) is 18.2 Å². The quantitative estimate of drug-likeness (QED) is 0.590. The SMILES string of the molecule is Cl.NCC1CCCCC1NC(=O)Cc1ccc(C(F)(F)F)cc1[N+](=O)[O-]. The van der Waals surface area contributed by atoms with Gasteiger partial charge in [0.1, 0.15) is 0 Å².